The standard InChI is InChI=1S/C9H8Cl2O2/c10-7-2-3-9(8(11)6-7)13-5-1-4-12/h1-3,5-6,12H,4H2. The van der Waals surface area contributed by atoms with Crippen molar-refractivity contribution in [3.63, 3.8) is 0 Å². The molecule has 4 heteroatoms. The normalized spacial score (nSPS) is 10.7. The summed E-state index contributed by atoms with van der Waals surface area (Å²) in [6, 6.07) is 4.92. The fourth-order valence-electron chi connectivity index (χ4n) is 0.735. The number of aliphatic hydroxyl groups excluding tert-OH is 1. The highest BCUT2D eigenvalue weighted by Gasteiger charge is 1.99. The smallest absolute Gasteiger partial charge is 0.145 e. The van der Waals surface area contributed by atoms with Crippen LogP contribution in [0.2, 0.25) is 10.0 Å². The molecule has 0 aliphatic rings. The molecule has 0 radical (unpaired) electrons. The topological polar surface area (TPSA) is 29.5 Å². The maximum atomic E-state index is 8.44. The van der Waals surface area contributed by atoms with E-state index < -0.39 is 0 Å². The largest absolute Gasteiger partial charge is 0.464 e. The van der Waals surface area contributed by atoms with Gasteiger partial charge in [0.15, 0.2) is 0 Å². The van der Waals surface area contributed by atoms with Gasteiger partial charge in [0.1, 0.15) is 5.75 Å². The lowest BCUT2D eigenvalue weighted by Crippen LogP contribution is -1.84. The molecule has 1 aromatic carbocycles. The van der Waals surface area contributed by atoms with Crippen molar-refractivity contribution in [1.82, 2.24) is 0 Å². The van der Waals surface area contributed by atoms with E-state index in [0.29, 0.717) is 15.8 Å². The van der Waals surface area contributed by atoms with Gasteiger partial charge in [-0.3, -0.25) is 0 Å². The lowest BCUT2D eigenvalue weighted by atomic mass is 10.3. The van der Waals surface area contributed by atoms with Gasteiger partial charge in [-0.1, -0.05) is 23.2 Å². The highest BCUT2D eigenvalue weighted by molar-refractivity contribution is 6.35. The Morgan fingerprint density at radius 3 is 2.77 bits per heavy atom. The van der Waals surface area contributed by atoms with Crippen LogP contribution in [0.25, 0.3) is 0 Å². The molecule has 0 aromatic heterocycles. The molecule has 1 N–H and O–H groups in total. The molecule has 0 heterocycles. The second-order valence-electron chi connectivity index (χ2n) is 2.25. The quantitative estimate of drug-likeness (QED) is 0.792. The van der Waals surface area contributed by atoms with Gasteiger partial charge in [0, 0.05) is 5.02 Å². The molecule has 0 fully saturated rings. The van der Waals surface area contributed by atoms with Crippen molar-refractivity contribution in [2.45, 2.75) is 0 Å². The number of halogens is 2. The minimum atomic E-state index is -0.0643. The van der Waals surface area contributed by atoms with Gasteiger partial charge in [-0.05, 0) is 24.3 Å². The highest BCUT2D eigenvalue weighted by atomic mass is 35.5. The first kappa shape index (κ1) is 10.4. The van der Waals surface area contributed by atoms with Crippen molar-refractivity contribution >= 4 is 23.2 Å². The van der Waals surface area contributed by atoms with Gasteiger partial charge in [-0.15, -0.1) is 0 Å². The Hall–Kier alpha value is -0.700. The van der Waals surface area contributed by atoms with Crippen LogP contribution in [0.3, 0.4) is 0 Å². The molecule has 0 aliphatic carbocycles. The third-order valence-corrected chi connectivity index (χ3v) is 1.82. The molecule has 0 aliphatic heterocycles. The zero-order valence-corrected chi connectivity index (χ0v) is 8.22. The van der Waals surface area contributed by atoms with Gasteiger partial charge < -0.3 is 9.84 Å². The minimum absolute atomic E-state index is 0.0643. The molecule has 70 valence electrons. The Labute approximate surface area is 86.4 Å². The lowest BCUT2D eigenvalue weighted by Gasteiger charge is -2.02. The van der Waals surface area contributed by atoms with Gasteiger partial charge in [0.25, 0.3) is 0 Å². The number of benzene rings is 1. The summed E-state index contributed by atoms with van der Waals surface area (Å²) >= 11 is 11.5. The molecule has 2 nitrogen and oxygen atoms in total. The zero-order valence-electron chi connectivity index (χ0n) is 6.71. The van der Waals surface area contributed by atoms with Crippen LogP contribution < -0.4 is 4.74 Å². The van der Waals surface area contributed by atoms with Crippen LogP contribution in [0.1, 0.15) is 0 Å². The van der Waals surface area contributed by atoms with Crippen molar-refractivity contribution in [2.24, 2.45) is 0 Å². The predicted molar refractivity (Wildman–Crippen MR) is 53.3 cm³/mol. The molecular formula is C9H8Cl2O2. The Morgan fingerprint density at radius 2 is 2.15 bits per heavy atom. The molecule has 1 rings (SSSR count). The lowest BCUT2D eigenvalue weighted by molar-refractivity contribution is 0.338. The molecule has 13 heavy (non-hydrogen) atoms. The predicted octanol–water partition coefficient (Wildman–Crippen LogP) is 2.88. The minimum Gasteiger partial charge on any atom is -0.464 e. The van der Waals surface area contributed by atoms with Gasteiger partial charge in [0.05, 0.1) is 17.9 Å². The van der Waals surface area contributed by atoms with Crippen LogP contribution in [-0.4, -0.2) is 11.7 Å². The Bertz CT molecular complexity index is 310. The van der Waals surface area contributed by atoms with Crippen LogP contribution >= 0.6 is 23.2 Å². The summed E-state index contributed by atoms with van der Waals surface area (Å²) in [5, 5.41) is 9.44. The number of hydrogen-bond donors (Lipinski definition) is 1. The van der Waals surface area contributed by atoms with Crippen LogP contribution in [0.15, 0.2) is 30.5 Å². The van der Waals surface area contributed by atoms with Crippen LogP contribution in [0, 0.1) is 0 Å². The SMILES string of the molecule is OCC=COc1ccc(Cl)cc1Cl. The third-order valence-electron chi connectivity index (χ3n) is 1.29. The van der Waals surface area contributed by atoms with Crippen LogP contribution in [0.4, 0.5) is 0 Å². The molecule has 0 bridgehead atoms. The maximum absolute atomic E-state index is 8.44. The summed E-state index contributed by atoms with van der Waals surface area (Å²) in [7, 11) is 0. The summed E-state index contributed by atoms with van der Waals surface area (Å²) in [5.41, 5.74) is 0. The fraction of sp³-hybridized carbons (Fsp3) is 0.111. The number of aliphatic hydroxyl groups is 1. The molecule has 0 atom stereocenters. The highest BCUT2D eigenvalue weighted by Crippen LogP contribution is 2.27. The van der Waals surface area contributed by atoms with Gasteiger partial charge in [-0.25, -0.2) is 0 Å². The second kappa shape index (κ2) is 5.12. The molecular weight excluding hydrogens is 211 g/mol. The van der Waals surface area contributed by atoms with E-state index in [4.69, 9.17) is 33.0 Å². The van der Waals surface area contributed by atoms with E-state index >= 15 is 0 Å². The van der Waals surface area contributed by atoms with E-state index in [9.17, 15) is 0 Å². The first-order valence-electron chi connectivity index (χ1n) is 3.61. The van der Waals surface area contributed by atoms with E-state index in [0.717, 1.165) is 0 Å². The van der Waals surface area contributed by atoms with Gasteiger partial charge in [-0.2, -0.15) is 0 Å². The van der Waals surface area contributed by atoms with Crippen LogP contribution in [0.5, 0.6) is 5.75 Å². The monoisotopic (exact) mass is 218 g/mol. The Balaban J connectivity index is 2.72. The van der Waals surface area contributed by atoms with E-state index in [2.05, 4.69) is 0 Å². The molecule has 0 spiro atoms. The summed E-state index contributed by atoms with van der Waals surface area (Å²) < 4.78 is 5.10. The van der Waals surface area contributed by atoms with Crippen molar-refractivity contribution in [1.29, 1.82) is 0 Å². The summed E-state index contributed by atoms with van der Waals surface area (Å²) in [5.74, 6) is 0.510. The average Bonchev–Trinajstić information content (AvgIpc) is 2.09. The molecule has 0 unspecified atom stereocenters. The first-order valence-corrected chi connectivity index (χ1v) is 4.37. The zero-order chi connectivity index (χ0) is 9.68. The van der Waals surface area contributed by atoms with Crippen molar-refractivity contribution in [3.05, 3.63) is 40.6 Å². The molecule has 0 saturated carbocycles. The van der Waals surface area contributed by atoms with E-state index in [1.807, 2.05) is 0 Å². The van der Waals surface area contributed by atoms with Crippen molar-refractivity contribution < 1.29 is 9.84 Å². The number of ether oxygens (including phenoxy) is 1. The number of hydrogen-bond acceptors (Lipinski definition) is 2. The average molecular weight is 219 g/mol. The van der Waals surface area contributed by atoms with Crippen molar-refractivity contribution in [2.75, 3.05) is 6.61 Å². The van der Waals surface area contributed by atoms with Crippen LogP contribution in [-0.2, 0) is 0 Å². The van der Waals surface area contributed by atoms with E-state index in [1.54, 1.807) is 18.2 Å². The fourth-order valence-corrected chi connectivity index (χ4v) is 1.19. The molecule has 0 saturated heterocycles. The molecule has 1 aromatic rings. The third kappa shape index (κ3) is 3.27. The van der Waals surface area contributed by atoms with Gasteiger partial charge >= 0.3 is 0 Å². The van der Waals surface area contributed by atoms with Crippen molar-refractivity contribution in [3.8, 4) is 5.75 Å². The Kier molecular flexibility index (Phi) is 4.09. The number of rotatable bonds is 3. The van der Waals surface area contributed by atoms with E-state index in [-0.39, 0.29) is 6.61 Å². The Morgan fingerprint density at radius 1 is 1.38 bits per heavy atom. The first-order chi connectivity index (χ1) is 6.24. The summed E-state index contributed by atoms with van der Waals surface area (Å²) in [6.07, 6.45) is 2.83. The molecule has 0 amide bonds. The van der Waals surface area contributed by atoms with Gasteiger partial charge in [0.2, 0.25) is 0 Å². The van der Waals surface area contributed by atoms with E-state index in [1.165, 1.54) is 12.3 Å². The summed E-state index contributed by atoms with van der Waals surface area (Å²) in [4.78, 5) is 0. The summed E-state index contributed by atoms with van der Waals surface area (Å²) in [6.45, 7) is -0.0643. The second-order valence-corrected chi connectivity index (χ2v) is 3.09. The maximum Gasteiger partial charge on any atom is 0.145 e.